The summed E-state index contributed by atoms with van der Waals surface area (Å²) in [6.45, 7) is 2.13. The Hall–Kier alpha value is -1.71. The second kappa shape index (κ2) is 6.13. The van der Waals surface area contributed by atoms with Crippen molar-refractivity contribution >= 4 is 11.8 Å². The highest BCUT2D eigenvalue weighted by atomic mass is 16.5. The lowest BCUT2D eigenvalue weighted by Crippen LogP contribution is -2.22. The van der Waals surface area contributed by atoms with Crippen LogP contribution in [0.5, 0.6) is 5.75 Å². The molecule has 4 nitrogen and oxygen atoms in total. The van der Waals surface area contributed by atoms with Crippen molar-refractivity contribution in [3.05, 3.63) is 23.8 Å². The van der Waals surface area contributed by atoms with E-state index in [0.717, 1.165) is 18.5 Å². The van der Waals surface area contributed by atoms with Crippen molar-refractivity contribution in [1.29, 1.82) is 0 Å². The first-order valence-electron chi connectivity index (χ1n) is 5.78. The molecule has 0 radical (unpaired) electrons. The van der Waals surface area contributed by atoms with E-state index in [1.165, 1.54) is 5.56 Å². The van der Waals surface area contributed by atoms with Gasteiger partial charge in [-0.15, -0.1) is 0 Å². The second-order valence-corrected chi connectivity index (χ2v) is 4.07. The number of carbonyl (C=O) groups excluding carboxylic acids is 1. The quantitative estimate of drug-likeness (QED) is 0.873. The van der Waals surface area contributed by atoms with E-state index in [0.29, 0.717) is 5.75 Å². The maximum absolute atomic E-state index is 11.1. The summed E-state index contributed by atoms with van der Waals surface area (Å²) in [4.78, 5) is 13.2. The number of hydrogen-bond acceptors (Lipinski definition) is 3. The van der Waals surface area contributed by atoms with E-state index in [1.54, 1.807) is 7.05 Å². The Labute approximate surface area is 103 Å². The molecule has 0 aliphatic heterocycles. The first kappa shape index (κ1) is 13.4. The minimum Gasteiger partial charge on any atom is -0.410 e. The third-order valence-corrected chi connectivity index (χ3v) is 2.47. The third kappa shape index (κ3) is 3.66. The monoisotopic (exact) mass is 236 g/mol. The molecule has 0 atom stereocenters. The lowest BCUT2D eigenvalue weighted by Gasteiger charge is -2.18. The van der Waals surface area contributed by atoms with E-state index in [2.05, 4.69) is 17.1 Å². The van der Waals surface area contributed by atoms with Crippen LogP contribution in [0, 0.1) is 0 Å². The van der Waals surface area contributed by atoms with Gasteiger partial charge in [0.15, 0.2) is 0 Å². The van der Waals surface area contributed by atoms with Gasteiger partial charge in [-0.1, -0.05) is 13.3 Å². The zero-order valence-electron chi connectivity index (χ0n) is 10.9. The third-order valence-electron chi connectivity index (χ3n) is 2.47. The standard InChI is InChI=1S/C13H20N2O2/c1-5-6-10-9-11(17-13(16)14-2)7-8-12(10)15(3)4/h7-9H,5-6H2,1-4H3,(H,14,16). The molecule has 0 saturated carbocycles. The molecule has 0 saturated heterocycles. The fraction of sp³-hybridized carbons (Fsp3) is 0.462. The number of carbonyl (C=O) groups is 1. The lowest BCUT2D eigenvalue weighted by molar-refractivity contribution is 0.203. The average Bonchev–Trinajstić information content (AvgIpc) is 2.29. The zero-order chi connectivity index (χ0) is 12.8. The Morgan fingerprint density at radius 1 is 1.41 bits per heavy atom. The van der Waals surface area contributed by atoms with Gasteiger partial charge in [0.25, 0.3) is 0 Å². The molecule has 17 heavy (non-hydrogen) atoms. The summed E-state index contributed by atoms with van der Waals surface area (Å²) in [6.07, 6.45) is 1.59. The van der Waals surface area contributed by atoms with Crippen LogP contribution >= 0.6 is 0 Å². The van der Waals surface area contributed by atoms with Crippen LogP contribution < -0.4 is 15.0 Å². The van der Waals surface area contributed by atoms with Gasteiger partial charge < -0.3 is 15.0 Å². The number of anilines is 1. The summed E-state index contributed by atoms with van der Waals surface area (Å²) in [7, 11) is 5.56. The second-order valence-electron chi connectivity index (χ2n) is 4.07. The first-order chi connectivity index (χ1) is 8.08. The van der Waals surface area contributed by atoms with Crippen molar-refractivity contribution in [2.45, 2.75) is 19.8 Å². The molecule has 0 aliphatic carbocycles. The molecule has 0 spiro atoms. The molecule has 4 heteroatoms. The summed E-state index contributed by atoms with van der Waals surface area (Å²) in [5.41, 5.74) is 2.36. The van der Waals surface area contributed by atoms with E-state index < -0.39 is 6.09 Å². The first-order valence-corrected chi connectivity index (χ1v) is 5.78. The molecule has 1 aromatic carbocycles. The van der Waals surface area contributed by atoms with E-state index in [1.807, 2.05) is 32.3 Å². The summed E-state index contributed by atoms with van der Waals surface area (Å²) >= 11 is 0. The summed E-state index contributed by atoms with van der Waals surface area (Å²) in [5.74, 6) is 0.582. The smallest absolute Gasteiger partial charge is 0.410 e. The molecule has 1 rings (SSSR count). The Kier molecular flexibility index (Phi) is 4.82. The van der Waals surface area contributed by atoms with Crippen molar-refractivity contribution in [3.8, 4) is 5.75 Å². The fourth-order valence-electron chi connectivity index (χ4n) is 1.69. The summed E-state index contributed by atoms with van der Waals surface area (Å²) in [6, 6.07) is 5.71. The van der Waals surface area contributed by atoms with Crippen LogP contribution in [-0.2, 0) is 6.42 Å². The minimum absolute atomic E-state index is 0.440. The van der Waals surface area contributed by atoms with Crippen LogP contribution in [-0.4, -0.2) is 27.2 Å². The molecule has 0 aromatic heterocycles. The topological polar surface area (TPSA) is 41.6 Å². The van der Waals surface area contributed by atoms with Gasteiger partial charge in [-0.3, -0.25) is 0 Å². The van der Waals surface area contributed by atoms with Gasteiger partial charge >= 0.3 is 6.09 Å². The van der Waals surface area contributed by atoms with Crippen LogP contribution in [0.2, 0.25) is 0 Å². The number of ether oxygens (including phenoxy) is 1. The highest BCUT2D eigenvalue weighted by Gasteiger charge is 2.08. The van der Waals surface area contributed by atoms with Gasteiger partial charge in [0.05, 0.1) is 0 Å². The molecule has 1 N–H and O–H groups in total. The lowest BCUT2D eigenvalue weighted by atomic mass is 10.1. The van der Waals surface area contributed by atoms with E-state index in [-0.39, 0.29) is 0 Å². The van der Waals surface area contributed by atoms with E-state index in [4.69, 9.17) is 4.74 Å². The fourth-order valence-corrected chi connectivity index (χ4v) is 1.69. The predicted molar refractivity (Wildman–Crippen MR) is 69.8 cm³/mol. The number of aryl methyl sites for hydroxylation is 1. The van der Waals surface area contributed by atoms with Crippen molar-refractivity contribution < 1.29 is 9.53 Å². The molecular weight excluding hydrogens is 216 g/mol. The molecule has 0 fully saturated rings. The van der Waals surface area contributed by atoms with Crippen LogP contribution in [0.15, 0.2) is 18.2 Å². The van der Waals surface area contributed by atoms with Crippen molar-refractivity contribution in [3.63, 3.8) is 0 Å². The number of benzene rings is 1. The molecule has 1 aromatic rings. The number of amides is 1. The molecule has 1 amide bonds. The predicted octanol–water partition coefficient (Wildman–Crippen LogP) is 2.42. The minimum atomic E-state index is -0.440. The molecule has 0 bridgehead atoms. The van der Waals surface area contributed by atoms with E-state index in [9.17, 15) is 4.79 Å². The van der Waals surface area contributed by atoms with Gasteiger partial charge in [-0.05, 0) is 30.2 Å². The van der Waals surface area contributed by atoms with Crippen LogP contribution in [0.1, 0.15) is 18.9 Å². The summed E-state index contributed by atoms with van der Waals surface area (Å²) < 4.78 is 5.12. The van der Waals surface area contributed by atoms with Gasteiger partial charge in [0.1, 0.15) is 5.75 Å². The molecule has 0 aliphatic rings. The number of rotatable bonds is 4. The highest BCUT2D eigenvalue weighted by Crippen LogP contribution is 2.25. The molecular formula is C13H20N2O2. The van der Waals surface area contributed by atoms with E-state index >= 15 is 0 Å². The molecule has 94 valence electrons. The van der Waals surface area contributed by atoms with Crippen molar-refractivity contribution in [2.75, 3.05) is 26.0 Å². The average molecular weight is 236 g/mol. The highest BCUT2D eigenvalue weighted by molar-refractivity contribution is 5.70. The summed E-state index contributed by atoms with van der Waals surface area (Å²) in [5, 5.41) is 2.43. The Morgan fingerprint density at radius 3 is 2.65 bits per heavy atom. The van der Waals surface area contributed by atoms with Crippen LogP contribution in [0.4, 0.5) is 10.5 Å². The normalized spacial score (nSPS) is 9.88. The number of hydrogen-bond donors (Lipinski definition) is 1. The SMILES string of the molecule is CCCc1cc(OC(=O)NC)ccc1N(C)C. The maximum atomic E-state index is 11.1. The van der Waals surface area contributed by atoms with Gasteiger partial charge in [0, 0.05) is 26.8 Å². The molecule has 0 unspecified atom stereocenters. The van der Waals surface area contributed by atoms with Gasteiger partial charge in [0.2, 0.25) is 0 Å². The van der Waals surface area contributed by atoms with Crippen molar-refractivity contribution in [2.24, 2.45) is 0 Å². The number of nitrogens with zero attached hydrogens (tertiary/aromatic N) is 1. The molecule has 0 heterocycles. The van der Waals surface area contributed by atoms with Crippen LogP contribution in [0.3, 0.4) is 0 Å². The number of nitrogens with one attached hydrogen (secondary N) is 1. The zero-order valence-corrected chi connectivity index (χ0v) is 10.9. The maximum Gasteiger partial charge on any atom is 0.412 e. The largest absolute Gasteiger partial charge is 0.412 e. The Morgan fingerprint density at radius 2 is 2.12 bits per heavy atom. The van der Waals surface area contributed by atoms with Gasteiger partial charge in [-0.2, -0.15) is 0 Å². The Bertz CT molecular complexity index is 389. The van der Waals surface area contributed by atoms with Crippen LogP contribution in [0.25, 0.3) is 0 Å². The van der Waals surface area contributed by atoms with Crippen molar-refractivity contribution in [1.82, 2.24) is 5.32 Å². The van der Waals surface area contributed by atoms with Gasteiger partial charge in [-0.25, -0.2) is 4.79 Å². The Balaban J connectivity index is 2.96.